The second kappa shape index (κ2) is 8.28. The van der Waals surface area contributed by atoms with Gasteiger partial charge >= 0.3 is 0 Å². The molecule has 1 saturated heterocycles. The maximum atomic E-state index is 13.6. The van der Waals surface area contributed by atoms with Crippen LogP contribution in [0.4, 0.5) is 10.1 Å². The average Bonchev–Trinajstić information content (AvgIpc) is 3.39. The number of rotatable bonds is 5. The van der Waals surface area contributed by atoms with Gasteiger partial charge in [0.2, 0.25) is 0 Å². The molecule has 0 unspecified atom stereocenters. The fourth-order valence-corrected chi connectivity index (χ4v) is 4.39. The molecule has 0 saturated carbocycles. The molecule has 1 aromatic carbocycles. The molecule has 1 aliphatic rings. The van der Waals surface area contributed by atoms with Crippen molar-refractivity contribution in [3.8, 4) is 0 Å². The van der Waals surface area contributed by atoms with E-state index >= 15 is 0 Å². The van der Waals surface area contributed by atoms with Crippen molar-refractivity contribution in [3.63, 3.8) is 0 Å². The van der Waals surface area contributed by atoms with Gasteiger partial charge in [0, 0.05) is 30.0 Å². The van der Waals surface area contributed by atoms with Crippen molar-refractivity contribution in [2.75, 3.05) is 4.90 Å². The SMILES string of the molecule is Fc1ccc(N2C(=S)N[C@H](c3ccccn3)[C@H]2c2cccn2Cc2ccccn2)cc1. The molecule has 2 atom stereocenters. The van der Waals surface area contributed by atoms with Gasteiger partial charge in [0.15, 0.2) is 5.11 Å². The van der Waals surface area contributed by atoms with Gasteiger partial charge in [-0.15, -0.1) is 0 Å². The van der Waals surface area contributed by atoms with Gasteiger partial charge in [-0.05, 0) is 72.9 Å². The van der Waals surface area contributed by atoms with Gasteiger partial charge in [-0.2, -0.15) is 0 Å². The van der Waals surface area contributed by atoms with Crippen molar-refractivity contribution in [3.05, 3.63) is 114 Å². The minimum atomic E-state index is -0.279. The topological polar surface area (TPSA) is 46.0 Å². The Morgan fingerprint density at radius 1 is 0.903 bits per heavy atom. The number of anilines is 1. The molecule has 0 bridgehead atoms. The third-order valence-corrected chi connectivity index (χ3v) is 5.74. The fraction of sp³-hybridized carbons (Fsp3) is 0.125. The number of benzene rings is 1. The van der Waals surface area contributed by atoms with E-state index in [0.29, 0.717) is 11.7 Å². The van der Waals surface area contributed by atoms with Crippen LogP contribution in [-0.2, 0) is 6.54 Å². The molecule has 3 aromatic heterocycles. The van der Waals surface area contributed by atoms with Crippen LogP contribution >= 0.6 is 12.2 Å². The van der Waals surface area contributed by atoms with Crippen LogP contribution < -0.4 is 10.2 Å². The van der Waals surface area contributed by atoms with Crippen LogP contribution in [0.25, 0.3) is 0 Å². The van der Waals surface area contributed by atoms with Gasteiger partial charge in [-0.25, -0.2) is 4.39 Å². The molecule has 1 fully saturated rings. The molecular formula is C24H20FN5S. The minimum absolute atomic E-state index is 0.156. The van der Waals surface area contributed by atoms with Gasteiger partial charge in [0.25, 0.3) is 0 Å². The van der Waals surface area contributed by atoms with Crippen molar-refractivity contribution in [2.24, 2.45) is 0 Å². The van der Waals surface area contributed by atoms with E-state index < -0.39 is 0 Å². The summed E-state index contributed by atoms with van der Waals surface area (Å²) in [5.74, 6) is -0.279. The summed E-state index contributed by atoms with van der Waals surface area (Å²) >= 11 is 5.73. The summed E-state index contributed by atoms with van der Waals surface area (Å²) in [6, 6.07) is 22.0. The summed E-state index contributed by atoms with van der Waals surface area (Å²) < 4.78 is 15.8. The zero-order valence-corrected chi connectivity index (χ0v) is 17.4. The van der Waals surface area contributed by atoms with E-state index in [1.807, 2.05) is 53.6 Å². The molecule has 1 aliphatic heterocycles. The number of aromatic nitrogens is 3. The summed E-state index contributed by atoms with van der Waals surface area (Å²) in [4.78, 5) is 11.1. The van der Waals surface area contributed by atoms with E-state index in [2.05, 4.69) is 25.9 Å². The Hall–Kier alpha value is -3.58. The first-order valence-corrected chi connectivity index (χ1v) is 10.4. The van der Waals surface area contributed by atoms with Crippen molar-refractivity contribution in [1.29, 1.82) is 0 Å². The number of thiocarbonyl (C=S) groups is 1. The Morgan fingerprint density at radius 2 is 1.68 bits per heavy atom. The number of hydrogen-bond donors (Lipinski definition) is 1. The zero-order chi connectivity index (χ0) is 21.2. The number of hydrogen-bond acceptors (Lipinski definition) is 3. The lowest BCUT2D eigenvalue weighted by Crippen LogP contribution is -2.30. The molecular weight excluding hydrogens is 409 g/mol. The van der Waals surface area contributed by atoms with Crippen LogP contribution in [0.5, 0.6) is 0 Å². The van der Waals surface area contributed by atoms with Gasteiger partial charge in [-0.3, -0.25) is 9.97 Å². The highest BCUT2D eigenvalue weighted by molar-refractivity contribution is 7.80. The molecule has 0 aliphatic carbocycles. The lowest BCUT2D eigenvalue weighted by molar-refractivity contribution is 0.532. The van der Waals surface area contributed by atoms with Gasteiger partial charge in [-0.1, -0.05) is 12.1 Å². The van der Waals surface area contributed by atoms with Crippen LogP contribution in [0.15, 0.2) is 91.4 Å². The highest BCUT2D eigenvalue weighted by Crippen LogP contribution is 2.41. The van der Waals surface area contributed by atoms with E-state index in [-0.39, 0.29) is 17.9 Å². The third-order valence-electron chi connectivity index (χ3n) is 5.43. The molecule has 4 aromatic rings. The van der Waals surface area contributed by atoms with E-state index in [4.69, 9.17) is 12.2 Å². The van der Waals surface area contributed by atoms with Crippen molar-refractivity contribution in [2.45, 2.75) is 18.6 Å². The molecule has 4 heterocycles. The van der Waals surface area contributed by atoms with Gasteiger partial charge < -0.3 is 14.8 Å². The predicted octanol–water partition coefficient (Wildman–Crippen LogP) is 4.64. The van der Waals surface area contributed by atoms with E-state index in [1.54, 1.807) is 24.5 Å². The van der Waals surface area contributed by atoms with Gasteiger partial charge in [0.05, 0.1) is 24.0 Å². The maximum Gasteiger partial charge on any atom is 0.174 e. The Morgan fingerprint density at radius 3 is 2.39 bits per heavy atom. The lowest BCUT2D eigenvalue weighted by atomic mass is 10.0. The number of halogens is 1. The Balaban J connectivity index is 1.60. The molecule has 154 valence electrons. The number of pyridine rings is 2. The molecule has 7 heteroatoms. The highest BCUT2D eigenvalue weighted by atomic mass is 32.1. The standard InChI is InChI=1S/C24H20FN5S/c25-17-9-11-19(12-10-17)30-23(22(28-24(30)31)20-7-2-4-14-27-20)21-8-5-15-29(21)16-18-6-1-3-13-26-18/h1-15,22-23H,16H2,(H,28,31)/t22-,23-/m1/s1. The third kappa shape index (κ3) is 3.80. The van der Waals surface area contributed by atoms with E-state index in [9.17, 15) is 4.39 Å². The van der Waals surface area contributed by atoms with Crippen molar-refractivity contribution >= 4 is 23.0 Å². The number of nitrogens with one attached hydrogen (secondary N) is 1. The van der Waals surface area contributed by atoms with Crippen LogP contribution in [-0.4, -0.2) is 19.6 Å². The first kappa shape index (κ1) is 19.4. The molecule has 1 N–H and O–H groups in total. The predicted molar refractivity (Wildman–Crippen MR) is 122 cm³/mol. The summed E-state index contributed by atoms with van der Waals surface area (Å²) in [6.45, 7) is 0.638. The summed E-state index contributed by atoms with van der Waals surface area (Å²) in [5.41, 5.74) is 3.76. The molecule has 0 radical (unpaired) electrons. The summed E-state index contributed by atoms with van der Waals surface area (Å²) in [7, 11) is 0. The maximum absolute atomic E-state index is 13.6. The van der Waals surface area contributed by atoms with Crippen LogP contribution in [0.1, 0.15) is 29.2 Å². The summed E-state index contributed by atoms with van der Waals surface area (Å²) in [6.07, 6.45) is 5.63. The largest absolute Gasteiger partial charge is 0.351 e. The second-order valence-corrected chi connectivity index (χ2v) is 7.74. The molecule has 0 amide bonds. The average molecular weight is 430 g/mol. The van der Waals surface area contributed by atoms with Crippen LogP contribution in [0.3, 0.4) is 0 Å². The Kier molecular flexibility index (Phi) is 5.18. The van der Waals surface area contributed by atoms with E-state index in [1.165, 1.54) is 12.1 Å². The van der Waals surface area contributed by atoms with Crippen LogP contribution in [0, 0.1) is 5.82 Å². The van der Waals surface area contributed by atoms with E-state index in [0.717, 1.165) is 22.8 Å². The van der Waals surface area contributed by atoms with Gasteiger partial charge in [0.1, 0.15) is 11.9 Å². The second-order valence-electron chi connectivity index (χ2n) is 7.36. The monoisotopic (exact) mass is 429 g/mol. The number of nitrogens with zero attached hydrogens (tertiary/aromatic N) is 4. The zero-order valence-electron chi connectivity index (χ0n) is 16.6. The minimum Gasteiger partial charge on any atom is -0.351 e. The fourth-order valence-electron chi connectivity index (χ4n) is 4.04. The van der Waals surface area contributed by atoms with Crippen molar-refractivity contribution < 1.29 is 4.39 Å². The first-order chi connectivity index (χ1) is 15.2. The molecule has 5 nitrogen and oxygen atoms in total. The molecule has 31 heavy (non-hydrogen) atoms. The lowest BCUT2D eigenvalue weighted by Gasteiger charge is -2.29. The normalized spacial score (nSPS) is 18.2. The quantitative estimate of drug-likeness (QED) is 0.468. The molecule has 5 rings (SSSR count). The van der Waals surface area contributed by atoms with Crippen LogP contribution in [0.2, 0.25) is 0 Å². The summed E-state index contributed by atoms with van der Waals surface area (Å²) in [5, 5.41) is 4.02. The smallest absolute Gasteiger partial charge is 0.174 e. The molecule has 0 spiro atoms. The van der Waals surface area contributed by atoms with Crippen molar-refractivity contribution in [1.82, 2.24) is 19.9 Å². The Labute approximate surface area is 185 Å². The Bertz CT molecular complexity index is 1180. The first-order valence-electron chi connectivity index (χ1n) is 10.0. The highest BCUT2D eigenvalue weighted by Gasteiger charge is 2.42.